The third-order valence-corrected chi connectivity index (χ3v) is 1.07. The Bertz CT molecular complexity index is 193. The molecule has 2 nitrogen and oxygen atoms in total. The average molecular weight is 173 g/mol. The summed E-state index contributed by atoms with van der Waals surface area (Å²) in [5, 5.41) is 8.58. The van der Waals surface area contributed by atoms with Crippen LogP contribution in [-0.2, 0) is 0 Å². The van der Waals surface area contributed by atoms with Crippen LogP contribution in [0.15, 0.2) is 4.99 Å². The lowest BCUT2D eigenvalue weighted by Crippen LogP contribution is -2.19. The third kappa shape index (κ3) is 5.87. The summed E-state index contributed by atoms with van der Waals surface area (Å²) in [6.45, 7) is 7.13. The van der Waals surface area contributed by atoms with Gasteiger partial charge in [0.15, 0.2) is 0 Å². The minimum absolute atomic E-state index is 0.464. The van der Waals surface area contributed by atoms with Crippen molar-refractivity contribution in [2.24, 2.45) is 4.99 Å². The molecule has 0 saturated heterocycles. The average Bonchev–Trinajstić information content (AvgIpc) is 1.83. The van der Waals surface area contributed by atoms with E-state index < -0.39 is 10.4 Å². The number of hydrogen-bond donors (Lipinski definition) is 0. The van der Waals surface area contributed by atoms with Gasteiger partial charge in [0, 0.05) is 6.21 Å². The maximum atomic E-state index is 8.58. The van der Waals surface area contributed by atoms with Gasteiger partial charge in [-0.1, -0.05) is 0 Å². The predicted octanol–water partition coefficient (Wildman–Crippen LogP) is 2.38. The summed E-state index contributed by atoms with van der Waals surface area (Å²) in [5.41, 5.74) is -0.661. The lowest BCUT2D eigenvalue weighted by Gasteiger charge is -2.12. The van der Waals surface area contributed by atoms with E-state index in [2.05, 4.69) is 11.1 Å². The summed E-state index contributed by atoms with van der Waals surface area (Å²) < 4.78 is 0. The lowest BCUT2D eigenvalue weighted by molar-refractivity contribution is 0.670. The van der Waals surface area contributed by atoms with Crippen LogP contribution in [0, 0.1) is 11.3 Å². The maximum absolute atomic E-state index is 8.58. The molecule has 0 radical (unpaired) electrons. The molecule has 0 aromatic rings. The zero-order valence-corrected chi connectivity index (χ0v) is 8.11. The monoisotopic (exact) mass is 172 g/mol. The van der Waals surface area contributed by atoms with Crippen LogP contribution in [0.25, 0.3) is 0 Å². The Morgan fingerprint density at radius 1 is 1.36 bits per heavy atom. The van der Waals surface area contributed by atoms with E-state index in [0.29, 0.717) is 0 Å². The molecule has 0 spiro atoms. The largest absolute Gasteiger partial charge is 0.274 e. The molecule has 0 N–H and O–H groups in total. The first-order valence-electron chi connectivity index (χ1n) is 3.43. The van der Waals surface area contributed by atoms with Crippen molar-refractivity contribution in [1.82, 2.24) is 0 Å². The van der Waals surface area contributed by atoms with E-state index in [9.17, 15) is 0 Å². The molecular weight excluding hydrogens is 160 g/mol. The normalized spacial score (nSPS) is 13.5. The molecule has 0 amide bonds. The highest BCUT2D eigenvalue weighted by Crippen LogP contribution is 2.12. The first-order valence-corrected chi connectivity index (χ1v) is 3.81. The molecule has 11 heavy (non-hydrogen) atoms. The molecule has 0 aromatic carbocycles. The van der Waals surface area contributed by atoms with Gasteiger partial charge in [-0.2, -0.15) is 5.26 Å². The van der Waals surface area contributed by atoms with Gasteiger partial charge in [-0.05, 0) is 27.7 Å². The molecular formula is C8H13ClN2. The van der Waals surface area contributed by atoms with Crippen molar-refractivity contribution in [3.63, 3.8) is 0 Å². The molecule has 0 atom stereocenters. The molecule has 0 aliphatic carbocycles. The fourth-order valence-corrected chi connectivity index (χ4v) is 0.393. The van der Waals surface area contributed by atoms with Gasteiger partial charge in [-0.3, -0.25) is 4.99 Å². The summed E-state index contributed by atoms with van der Waals surface area (Å²) in [5.74, 6) is 0. The second-order valence-electron chi connectivity index (χ2n) is 3.49. The lowest BCUT2D eigenvalue weighted by atomic mass is 10.1. The van der Waals surface area contributed by atoms with Crippen LogP contribution in [0.1, 0.15) is 27.7 Å². The minimum Gasteiger partial charge on any atom is -0.274 e. The van der Waals surface area contributed by atoms with Crippen molar-refractivity contribution in [1.29, 1.82) is 5.26 Å². The Balaban J connectivity index is 4.28. The summed E-state index contributed by atoms with van der Waals surface area (Å²) in [6, 6.07) is 2.06. The van der Waals surface area contributed by atoms with Gasteiger partial charge in [-0.15, -0.1) is 11.6 Å². The fraction of sp³-hybridized carbons (Fsp3) is 0.750. The first kappa shape index (κ1) is 10.4. The molecule has 0 aliphatic rings. The van der Waals surface area contributed by atoms with E-state index in [-0.39, 0.29) is 0 Å². The second-order valence-corrected chi connectivity index (χ2v) is 4.47. The molecule has 0 rings (SSSR count). The number of nitrogens with zero attached hydrogens (tertiary/aromatic N) is 2. The summed E-state index contributed by atoms with van der Waals surface area (Å²) in [6.07, 6.45) is 1.60. The Kier molecular flexibility index (Phi) is 3.07. The first-order chi connectivity index (χ1) is 4.77. The van der Waals surface area contributed by atoms with Crippen molar-refractivity contribution >= 4 is 17.8 Å². The SMILES string of the molecule is CC(C)(Cl)C=NC(C)(C)C#N. The van der Waals surface area contributed by atoms with Crippen LogP contribution >= 0.6 is 11.6 Å². The fourth-order valence-electron chi connectivity index (χ4n) is 0.344. The molecule has 0 saturated carbocycles. The number of halogens is 1. The Morgan fingerprint density at radius 3 is 2.09 bits per heavy atom. The number of alkyl halides is 1. The van der Waals surface area contributed by atoms with Gasteiger partial charge in [0.25, 0.3) is 0 Å². The number of nitriles is 1. The highest BCUT2D eigenvalue weighted by atomic mass is 35.5. The number of rotatable bonds is 2. The van der Waals surface area contributed by atoms with Gasteiger partial charge >= 0.3 is 0 Å². The number of hydrogen-bond acceptors (Lipinski definition) is 2. The molecule has 0 fully saturated rings. The van der Waals surface area contributed by atoms with Gasteiger partial charge in [-0.25, -0.2) is 0 Å². The van der Waals surface area contributed by atoms with E-state index in [1.54, 1.807) is 20.1 Å². The zero-order valence-electron chi connectivity index (χ0n) is 7.35. The smallest absolute Gasteiger partial charge is 0.141 e. The molecule has 3 heteroatoms. The molecule has 0 aromatic heterocycles. The Labute approximate surface area is 72.9 Å². The van der Waals surface area contributed by atoms with E-state index in [1.807, 2.05) is 13.8 Å². The third-order valence-electron chi connectivity index (χ3n) is 0.968. The van der Waals surface area contributed by atoms with Crippen LogP contribution in [-0.4, -0.2) is 16.6 Å². The topological polar surface area (TPSA) is 36.1 Å². The van der Waals surface area contributed by atoms with Crippen molar-refractivity contribution in [2.75, 3.05) is 0 Å². The van der Waals surface area contributed by atoms with Crippen LogP contribution in [0.3, 0.4) is 0 Å². The molecule has 0 heterocycles. The predicted molar refractivity (Wildman–Crippen MR) is 48.1 cm³/mol. The van der Waals surface area contributed by atoms with Gasteiger partial charge < -0.3 is 0 Å². The van der Waals surface area contributed by atoms with Crippen molar-refractivity contribution < 1.29 is 0 Å². The molecule has 0 bridgehead atoms. The minimum atomic E-state index is -0.661. The Hall–Kier alpha value is -0.550. The van der Waals surface area contributed by atoms with Gasteiger partial charge in [0.2, 0.25) is 0 Å². The second kappa shape index (κ2) is 3.23. The van der Waals surface area contributed by atoms with Crippen LogP contribution in [0.2, 0.25) is 0 Å². The highest BCUT2D eigenvalue weighted by molar-refractivity contribution is 6.31. The standard InChI is InChI=1S/C8H13ClN2/c1-7(2,9)6-11-8(3,4)5-10/h6H,1-4H3. The van der Waals surface area contributed by atoms with Crippen LogP contribution in [0.4, 0.5) is 0 Å². The quantitative estimate of drug-likeness (QED) is 0.466. The number of aliphatic imine (C=N–C) groups is 1. The summed E-state index contributed by atoms with van der Waals surface area (Å²) in [7, 11) is 0. The molecule has 62 valence electrons. The van der Waals surface area contributed by atoms with Gasteiger partial charge in [0.05, 0.1) is 10.9 Å². The molecule has 0 aliphatic heterocycles. The van der Waals surface area contributed by atoms with E-state index >= 15 is 0 Å². The highest BCUT2D eigenvalue weighted by Gasteiger charge is 2.16. The van der Waals surface area contributed by atoms with Crippen molar-refractivity contribution in [3.8, 4) is 6.07 Å². The zero-order chi connectivity index (χ0) is 9.12. The Morgan fingerprint density at radius 2 is 1.82 bits per heavy atom. The van der Waals surface area contributed by atoms with Gasteiger partial charge in [0.1, 0.15) is 5.54 Å². The van der Waals surface area contributed by atoms with Crippen molar-refractivity contribution in [2.45, 2.75) is 38.1 Å². The van der Waals surface area contributed by atoms with Crippen molar-refractivity contribution in [3.05, 3.63) is 0 Å². The summed E-state index contributed by atoms with van der Waals surface area (Å²) in [4.78, 5) is 3.56. The maximum Gasteiger partial charge on any atom is 0.141 e. The van der Waals surface area contributed by atoms with E-state index in [4.69, 9.17) is 16.9 Å². The van der Waals surface area contributed by atoms with E-state index in [1.165, 1.54) is 0 Å². The molecule has 0 unspecified atom stereocenters. The summed E-state index contributed by atoms with van der Waals surface area (Å²) >= 11 is 5.84. The van der Waals surface area contributed by atoms with Crippen LogP contribution in [0.5, 0.6) is 0 Å². The van der Waals surface area contributed by atoms with E-state index in [0.717, 1.165) is 0 Å². The van der Waals surface area contributed by atoms with Crippen LogP contribution < -0.4 is 0 Å².